The fourth-order valence-electron chi connectivity index (χ4n) is 3.28. The van der Waals surface area contributed by atoms with Gasteiger partial charge >= 0.3 is 0 Å². The van der Waals surface area contributed by atoms with Crippen LogP contribution in [-0.2, 0) is 0 Å². The molecule has 6 heteroatoms. The molecule has 5 nitrogen and oxygen atoms in total. The van der Waals surface area contributed by atoms with Gasteiger partial charge in [0.25, 0.3) is 0 Å². The van der Waals surface area contributed by atoms with Crippen LogP contribution in [0.3, 0.4) is 0 Å². The number of anilines is 2. The summed E-state index contributed by atoms with van der Waals surface area (Å²) in [5, 5.41) is 0.365. The molecule has 0 N–H and O–H groups in total. The Morgan fingerprint density at radius 1 is 1.00 bits per heavy atom. The number of halogens is 1. The Labute approximate surface area is 131 Å². The molecule has 3 heterocycles. The maximum absolute atomic E-state index is 6.14. The summed E-state index contributed by atoms with van der Waals surface area (Å²) < 4.78 is 0. The van der Waals surface area contributed by atoms with Crippen LogP contribution in [-0.4, -0.2) is 61.2 Å². The van der Waals surface area contributed by atoms with Crippen molar-refractivity contribution in [3.8, 4) is 0 Å². The second-order valence-electron chi connectivity index (χ2n) is 6.23. The van der Waals surface area contributed by atoms with E-state index < -0.39 is 0 Å². The lowest BCUT2D eigenvalue weighted by molar-refractivity contribution is 0.249. The smallest absolute Gasteiger partial charge is 0.226 e. The summed E-state index contributed by atoms with van der Waals surface area (Å²) in [5.41, 5.74) is 0. The predicted octanol–water partition coefficient (Wildman–Crippen LogP) is 2.26. The number of piperidine rings is 1. The van der Waals surface area contributed by atoms with E-state index in [0.717, 1.165) is 37.8 Å². The fraction of sp³-hybridized carbons (Fsp3) is 0.733. The monoisotopic (exact) mass is 309 g/mol. The molecule has 3 rings (SSSR count). The first-order valence-electron chi connectivity index (χ1n) is 7.84. The average Bonchev–Trinajstić information content (AvgIpc) is 3.01. The zero-order valence-corrected chi connectivity index (χ0v) is 13.7. The van der Waals surface area contributed by atoms with Crippen LogP contribution < -0.4 is 9.80 Å². The summed E-state index contributed by atoms with van der Waals surface area (Å²) in [6.45, 7) is 4.23. The van der Waals surface area contributed by atoms with Gasteiger partial charge in [0, 0.05) is 38.3 Å². The molecule has 1 aromatic heterocycles. The summed E-state index contributed by atoms with van der Waals surface area (Å²) in [4.78, 5) is 15.8. The molecule has 116 valence electrons. The van der Waals surface area contributed by atoms with Crippen LogP contribution in [0.2, 0.25) is 5.28 Å². The molecule has 1 aromatic rings. The highest BCUT2D eigenvalue weighted by Crippen LogP contribution is 2.26. The number of rotatable bonds is 3. The Morgan fingerprint density at radius 2 is 1.52 bits per heavy atom. The highest BCUT2D eigenvalue weighted by Gasteiger charge is 2.23. The summed E-state index contributed by atoms with van der Waals surface area (Å²) in [7, 11) is 4.32. The van der Waals surface area contributed by atoms with E-state index in [9.17, 15) is 0 Å². The predicted molar refractivity (Wildman–Crippen MR) is 87.4 cm³/mol. The summed E-state index contributed by atoms with van der Waals surface area (Å²) in [6, 6.07) is 2.78. The standard InChI is InChI=1S/C15H24ClN5/c1-19(2)12-5-9-21(10-6-12)14-11-13(17-15(16)18-14)20-7-3-4-8-20/h11-12H,3-10H2,1-2H3. The van der Waals surface area contributed by atoms with Crippen molar-refractivity contribution in [3.05, 3.63) is 11.3 Å². The highest BCUT2D eigenvalue weighted by atomic mass is 35.5. The van der Waals surface area contributed by atoms with Crippen molar-refractivity contribution in [2.24, 2.45) is 0 Å². The van der Waals surface area contributed by atoms with Gasteiger partial charge in [0.1, 0.15) is 11.6 Å². The fourth-order valence-corrected chi connectivity index (χ4v) is 3.45. The van der Waals surface area contributed by atoms with Crippen molar-refractivity contribution >= 4 is 23.2 Å². The van der Waals surface area contributed by atoms with Gasteiger partial charge in [-0.05, 0) is 51.4 Å². The molecule has 0 amide bonds. The molecule has 0 unspecified atom stereocenters. The normalized spacial score (nSPS) is 20.6. The Bertz CT molecular complexity index is 479. The molecule has 0 radical (unpaired) electrons. The van der Waals surface area contributed by atoms with E-state index in [4.69, 9.17) is 11.6 Å². The Kier molecular flexibility index (Phi) is 4.50. The summed E-state index contributed by atoms with van der Waals surface area (Å²) in [5.74, 6) is 1.96. The zero-order chi connectivity index (χ0) is 14.8. The lowest BCUT2D eigenvalue weighted by atomic mass is 10.0. The number of hydrogen-bond donors (Lipinski definition) is 0. The molecule has 0 atom stereocenters. The lowest BCUT2D eigenvalue weighted by Crippen LogP contribution is -2.42. The Morgan fingerprint density at radius 3 is 2.05 bits per heavy atom. The van der Waals surface area contributed by atoms with Gasteiger partial charge in [-0.25, -0.2) is 9.97 Å². The van der Waals surface area contributed by atoms with Crippen molar-refractivity contribution in [1.82, 2.24) is 14.9 Å². The number of hydrogen-bond acceptors (Lipinski definition) is 5. The van der Waals surface area contributed by atoms with Crippen LogP contribution >= 0.6 is 11.6 Å². The lowest BCUT2D eigenvalue weighted by Gasteiger charge is -2.36. The highest BCUT2D eigenvalue weighted by molar-refractivity contribution is 6.28. The minimum Gasteiger partial charge on any atom is -0.356 e. The quantitative estimate of drug-likeness (QED) is 0.800. The van der Waals surface area contributed by atoms with Crippen LogP contribution in [0.4, 0.5) is 11.6 Å². The molecular weight excluding hydrogens is 286 g/mol. The van der Waals surface area contributed by atoms with Crippen LogP contribution in [0.1, 0.15) is 25.7 Å². The van der Waals surface area contributed by atoms with Gasteiger partial charge in [-0.15, -0.1) is 0 Å². The molecule has 2 saturated heterocycles. The first-order valence-corrected chi connectivity index (χ1v) is 8.22. The average molecular weight is 310 g/mol. The number of aromatic nitrogens is 2. The van der Waals surface area contributed by atoms with E-state index in [1.54, 1.807) is 0 Å². The van der Waals surface area contributed by atoms with Gasteiger partial charge in [-0.1, -0.05) is 0 Å². The summed E-state index contributed by atoms with van der Waals surface area (Å²) in [6.07, 6.45) is 4.83. The molecule has 0 aromatic carbocycles. The molecule has 0 spiro atoms. The van der Waals surface area contributed by atoms with Gasteiger partial charge in [0.2, 0.25) is 5.28 Å². The van der Waals surface area contributed by atoms with Crippen molar-refractivity contribution in [3.63, 3.8) is 0 Å². The molecule has 0 saturated carbocycles. The summed E-state index contributed by atoms with van der Waals surface area (Å²) >= 11 is 6.14. The third-order valence-electron chi connectivity index (χ3n) is 4.62. The minimum absolute atomic E-state index is 0.365. The molecule has 0 aliphatic carbocycles. The molecule has 21 heavy (non-hydrogen) atoms. The van der Waals surface area contributed by atoms with Crippen LogP contribution in [0, 0.1) is 0 Å². The minimum atomic E-state index is 0.365. The van der Waals surface area contributed by atoms with E-state index in [0.29, 0.717) is 11.3 Å². The molecule has 0 bridgehead atoms. The Hall–Kier alpha value is -1.07. The zero-order valence-electron chi connectivity index (χ0n) is 12.9. The third kappa shape index (κ3) is 3.40. The van der Waals surface area contributed by atoms with E-state index in [-0.39, 0.29) is 0 Å². The maximum Gasteiger partial charge on any atom is 0.226 e. The van der Waals surface area contributed by atoms with Crippen LogP contribution in [0.5, 0.6) is 0 Å². The van der Waals surface area contributed by atoms with Gasteiger partial charge in [0.05, 0.1) is 0 Å². The van der Waals surface area contributed by atoms with Crippen molar-refractivity contribution in [2.75, 3.05) is 50.1 Å². The van der Waals surface area contributed by atoms with E-state index in [1.165, 1.54) is 25.7 Å². The van der Waals surface area contributed by atoms with Gasteiger partial charge in [-0.3, -0.25) is 0 Å². The van der Waals surface area contributed by atoms with Gasteiger partial charge in [-0.2, -0.15) is 0 Å². The molecular formula is C15H24ClN5. The largest absolute Gasteiger partial charge is 0.356 e. The van der Waals surface area contributed by atoms with Crippen LogP contribution in [0.25, 0.3) is 0 Å². The van der Waals surface area contributed by atoms with Crippen molar-refractivity contribution in [1.29, 1.82) is 0 Å². The van der Waals surface area contributed by atoms with E-state index in [2.05, 4.69) is 44.8 Å². The van der Waals surface area contributed by atoms with Gasteiger partial charge < -0.3 is 14.7 Å². The Balaban J connectivity index is 1.73. The number of nitrogens with zero attached hydrogens (tertiary/aromatic N) is 5. The topological polar surface area (TPSA) is 35.5 Å². The first kappa shape index (κ1) is 14.9. The van der Waals surface area contributed by atoms with Crippen LogP contribution in [0.15, 0.2) is 6.07 Å². The second-order valence-corrected chi connectivity index (χ2v) is 6.57. The van der Waals surface area contributed by atoms with E-state index >= 15 is 0 Å². The van der Waals surface area contributed by atoms with E-state index in [1.807, 2.05) is 0 Å². The third-order valence-corrected chi connectivity index (χ3v) is 4.79. The van der Waals surface area contributed by atoms with Gasteiger partial charge in [0.15, 0.2) is 0 Å². The SMILES string of the molecule is CN(C)C1CCN(c2cc(N3CCCC3)nc(Cl)n2)CC1. The first-order chi connectivity index (χ1) is 10.1. The second kappa shape index (κ2) is 6.36. The van der Waals surface area contributed by atoms with Crippen molar-refractivity contribution in [2.45, 2.75) is 31.7 Å². The molecule has 2 fully saturated rings. The molecule has 2 aliphatic heterocycles. The van der Waals surface area contributed by atoms with Crippen molar-refractivity contribution < 1.29 is 0 Å². The maximum atomic E-state index is 6.14. The molecule has 2 aliphatic rings.